The molecule has 1 aromatic carbocycles. The van der Waals surface area contributed by atoms with Crippen LogP contribution in [0.1, 0.15) is 22.6 Å². The molecular formula is C13H13F2N3O. The van der Waals surface area contributed by atoms with Crippen molar-refractivity contribution in [2.24, 2.45) is 0 Å². The van der Waals surface area contributed by atoms with E-state index in [2.05, 4.69) is 15.3 Å². The number of hydrogen-bond donors (Lipinski definition) is 2. The lowest BCUT2D eigenvalue weighted by Crippen LogP contribution is -2.26. The van der Waals surface area contributed by atoms with Gasteiger partial charge in [-0.3, -0.25) is 4.79 Å². The van der Waals surface area contributed by atoms with E-state index >= 15 is 0 Å². The topological polar surface area (TPSA) is 57.8 Å². The Bertz CT molecular complexity index is 535. The number of imidazole rings is 1. The molecule has 0 saturated carbocycles. The second-order valence-corrected chi connectivity index (χ2v) is 3.99. The highest BCUT2D eigenvalue weighted by Crippen LogP contribution is 2.11. The minimum absolute atomic E-state index is 0.327. The Balaban J connectivity index is 1.84. The molecule has 0 saturated heterocycles. The maximum atomic E-state index is 13.3. The highest BCUT2D eigenvalue weighted by molar-refractivity contribution is 5.94. The maximum Gasteiger partial charge on any atom is 0.257 e. The monoisotopic (exact) mass is 265 g/mol. The van der Waals surface area contributed by atoms with Crippen molar-refractivity contribution >= 4 is 5.91 Å². The first-order chi connectivity index (χ1) is 9.18. The van der Waals surface area contributed by atoms with Crippen molar-refractivity contribution in [3.05, 3.63) is 53.6 Å². The van der Waals surface area contributed by atoms with E-state index in [4.69, 9.17) is 0 Å². The van der Waals surface area contributed by atoms with Gasteiger partial charge < -0.3 is 10.3 Å². The lowest BCUT2D eigenvalue weighted by atomic mass is 10.2. The van der Waals surface area contributed by atoms with E-state index < -0.39 is 23.1 Å². The van der Waals surface area contributed by atoms with Gasteiger partial charge in [0.2, 0.25) is 0 Å². The molecule has 0 atom stereocenters. The average Bonchev–Trinajstić information content (AvgIpc) is 2.87. The van der Waals surface area contributed by atoms with Gasteiger partial charge in [-0.25, -0.2) is 13.8 Å². The smallest absolute Gasteiger partial charge is 0.257 e. The van der Waals surface area contributed by atoms with Crippen LogP contribution in [0, 0.1) is 11.6 Å². The summed E-state index contributed by atoms with van der Waals surface area (Å²) in [5.74, 6) is -1.64. The summed E-state index contributed by atoms with van der Waals surface area (Å²) in [6, 6.07) is 3.33. The second-order valence-electron chi connectivity index (χ2n) is 3.99. The fourth-order valence-electron chi connectivity index (χ4n) is 1.70. The zero-order chi connectivity index (χ0) is 13.7. The van der Waals surface area contributed by atoms with E-state index in [1.54, 1.807) is 12.4 Å². The molecule has 1 aromatic heterocycles. The van der Waals surface area contributed by atoms with E-state index in [0.29, 0.717) is 19.4 Å². The molecule has 1 amide bonds. The van der Waals surface area contributed by atoms with Crippen molar-refractivity contribution in [1.82, 2.24) is 15.3 Å². The Kier molecular flexibility index (Phi) is 4.22. The molecule has 0 aliphatic rings. The zero-order valence-electron chi connectivity index (χ0n) is 10.1. The van der Waals surface area contributed by atoms with Gasteiger partial charge in [0.25, 0.3) is 5.91 Å². The largest absolute Gasteiger partial charge is 0.352 e. The van der Waals surface area contributed by atoms with Crippen molar-refractivity contribution < 1.29 is 13.6 Å². The van der Waals surface area contributed by atoms with Crippen molar-refractivity contribution in [3.63, 3.8) is 0 Å². The summed E-state index contributed by atoms with van der Waals surface area (Å²) in [5.41, 5.74) is -0.541. The normalized spacial score (nSPS) is 10.4. The molecule has 1 heterocycles. The number of nitrogens with zero attached hydrogens (tertiary/aromatic N) is 1. The predicted octanol–water partition coefficient (Wildman–Crippen LogP) is 2.05. The van der Waals surface area contributed by atoms with Crippen molar-refractivity contribution in [3.8, 4) is 0 Å². The van der Waals surface area contributed by atoms with Crippen LogP contribution >= 0.6 is 0 Å². The first-order valence-electron chi connectivity index (χ1n) is 5.89. The number of carbonyl (C=O) groups is 1. The first-order valence-corrected chi connectivity index (χ1v) is 5.89. The minimum atomic E-state index is -0.858. The number of benzene rings is 1. The van der Waals surface area contributed by atoms with Gasteiger partial charge in [0.1, 0.15) is 23.0 Å². The van der Waals surface area contributed by atoms with E-state index in [9.17, 15) is 13.6 Å². The Morgan fingerprint density at radius 1 is 1.32 bits per heavy atom. The van der Waals surface area contributed by atoms with Crippen LogP contribution in [0.15, 0.2) is 30.6 Å². The molecule has 0 unspecified atom stereocenters. The van der Waals surface area contributed by atoms with Gasteiger partial charge in [-0.1, -0.05) is 6.07 Å². The number of aromatic nitrogens is 2. The van der Waals surface area contributed by atoms with Crippen molar-refractivity contribution in [1.29, 1.82) is 0 Å². The van der Waals surface area contributed by atoms with Gasteiger partial charge in [-0.15, -0.1) is 0 Å². The van der Waals surface area contributed by atoms with E-state index in [0.717, 1.165) is 18.0 Å². The fraction of sp³-hybridized carbons (Fsp3) is 0.231. The highest BCUT2D eigenvalue weighted by Gasteiger charge is 2.16. The molecule has 19 heavy (non-hydrogen) atoms. The molecule has 2 aromatic rings. The third-order valence-corrected chi connectivity index (χ3v) is 2.62. The molecule has 0 aliphatic carbocycles. The van der Waals surface area contributed by atoms with Gasteiger partial charge in [0, 0.05) is 25.4 Å². The Labute approximate surface area is 108 Å². The molecule has 2 rings (SSSR count). The van der Waals surface area contributed by atoms with Crippen LogP contribution in [-0.2, 0) is 6.42 Å². The summed E-state index contributed by atoms with van der Waals surface area (Å²) >= 11 is 0. The number of nitrogens with one attached hydrogen (secondary N) is 2. The Morgan fingerprint density at radius 3 is 2.68 bits per heavy atom. The van der Waals surface area contributed by atoms with Gasteiger partial charge in [-0.2, -0.15) is 0 Å². The number of carbonyl (C=O) groups excluding carboxylic acids is 1. The average molecular weight is 265 g/mol. The fourth-order valence-corrected chi connectivity index (χ4v) is 1.70. The second kappa shape index (κ2) is 6.08. The standard InChI is InChI=1S/C13H13F2N3O/c14-9-3-1-4-10(15)12(9)13(19)18-6-2-5-11-16-7-8-17-11/h1,3-4,7-8H,2,5-6H2,(H,16,17)(H,18,19). The number of amides is 1. The van der Waals surface area contributed by atoms with Crippen LogP contribution in [0.2, 0.25) is 0 Å². The Morgan fingerprint density at radius 2 is 2.05 bits per heavy atom. The lowest BCUT2D eigenvalue weighted by Gasteiger charge is -2.06. The van der Waals surface area contributed by atoms with E-state index in [1.807, 2.05) is 0 Å². The van der Waals surface area contributed by atoms with Gasteiger partial charge in [0.05, 0.1) is 0 Å². The van der Waals surface area contributed by atoms with E-state index in [1.165, 1.54) is 6.07 Å². The molecule has 100 valence electrons. The summed E-state index contributed by atoms with van der Waals surface area (Å²) in [7, 11) is 0. The van der Waals surface area contributed by atoms with Crippen molar-refractivity contribution in [2.75, 3.05) is 6.54 Å². The summed E-state index contributed by atoms with van der Waals surface area (Å²) < 4.78 is 26.6. The number of aryl methyl sites for hydroxylation is 1. The van der Waals surface area contributed by atoms with Crippen molar-refractivity contribution in [2.45, 2.75) is 12.8 Å². The molecule has 4 nitrogen and oxygen atoms in total. The van der Waals surface area contributed by atoms with Crippen LogP contribution in [-0.4, -0.2) is 22.4 Å². The Hall–Kier alpha value is -2.24. The molecule has 0 bridgehead atoms. The van der Waals surface area contributed by atoms with Crippen LogP contribution in [0.5, 0.6) is 0 Å². The van der Waals surface area contributed by atoms with E-state index in [-0.39, 0.29) is 0 Å². The molecule has 2 N–H and O–H groups in total. The highest BCUT2D eigenvalue weighted by atomic mass is 19.1. The number of hydrogen-bond acceptors (Lipinski definition) is 2. The summed E-state index contributed by atoms with van der Waals surface area (Å²) in [4.78, 5) is 18.6. The zero-order valence-corrected chi connectivity index (χ0v) is 10.1. The van der Waals surface area contributed by atoms with Gasteiger partial charge in [0.15, 0.2) is 0 Å². The molecule has 0 spiro atoms. The summed E-state index contributed by atoms with van der Waals surface area (Å²) in [6.07, 6.45) is 4.65. The lowest BCUT2D eigenvalue weighted by molar-refractivity contribution is 0.0944. The maximum absolute atomic E-state index is 13.3. The molecule has 0 radical (unpaired) electrons. The first kappa shape index (κ1) is 13.2. The van der Waals surface area contributed by atoms with Crippen LogP contribution < -0.4 is 5.32 Å². The molecule has 0 fully saturated rings. The van der Waals surface area contributed by atoms with Crippen LogP contribution in [0.3, 0.4) is 0 Å². The number of rotatable bonds is 5. The summed E-state index contributed by atoms with van der Waals surface area (Å²) in [5, 5.41) is 2.48. The quantitative estimate of drug-likeness (QED) is 0.813. The number of halogens is 2. The number of H-pyrrole nitrogens is 1. The summed E-state index contributed by atoms with van der Waals surface area (Å²) in [6.45, 7) is 0.327. The third kappa shape index (κ3) is 3.37. The van der Waals surface area contributed by atoms with Gasteiger partial charge >= 0.3 is 0 Å². The SMILES string of the molecule is O=C(NCCCc1ncc[nH]1)c1c(F)cccc1F. The number of aromatic amines is 1. The van der Waals surface area contributed by atoms with Gasteiger partial charge in [-0.05, 0) is 18.6 Å². The third-order valence-electron chi connectivity index (χ3n) is 2.62. The predicted molar refractivity (Wildman–Crippen MR) is 65.6 cm³/mol. The molecule has 6 heteroatoms. The van der Waals surface area contributed by atoms with Crippen LogP contribution in [0.25, 0.3) is 0 Å². The minimum Gasteiger partial charge on any atom is -0.352 e. The molecular weight excluding hydrogens is 252 g/mol. The molecule has 0 aliphatic heterocycles. The van der Waals surface area contributed by atoms with Crippen LogP contribution in [0.4, 0.5) is 8.78 Å².